The molecule has 6 nitrogen and oxygen atoms in total. The maximum atomic E-state index is 11.1. The average molecular weight is 227 g/mol. The third-order valence-electron chi connectivity index (χ3n) is 2.61. The van der Waals surface area contributed by atoms with Crippen LogP contribution in [-0.2, 0) is 0 Å². The lowest BCUT2D eigenvalue weighted by Crippen LogP contribution is -2.34. The summed E-state index contributed by atoms with van der Waals surface area (Å²) >= 11 is 0. The highest BCUT2D eigenvalue weighted by atomic mass is 16.1. The smallest absolute Gasteiger partial charge is 0.248 e. The summed E-state index contributed by atoms with van der Waals surface area (Å²) in [5.74, 6) is -0.470. The van der Waals surface area contributed by atoms with E-state index in [1.807, 2.05) is 0 Å². The third-order valence-corrected chi connectivity index (χ3v) is 2.61. The number of aliphatic imine (C=N–C) groups is 1. The van der Waals surface area contributed by atoms with E-state index in [2.05, 4.69) is 20.8 Å². The normalized spacial score (nSPS) is 15.8. The number of nitrogens with one attached hydrogen (secondary N) is 2. The minimum atomic E-state index is -0.470. The Balaban J connectivity index is 2.36. The Kier molecular flexibility index (Phi) is 1.94. The van der Waals surface area contributed by atoms with Crippen molar-refractivity contribution in [3.63, 3.8) is 0 Å². The van der Waals surface area contributed by atoms with Gasteiger partial charge in [0.1, 0.15) is 12.0 Å². The summed E-state index contributed by atoms with van der Waals surface area (Å²) in [5, 5.41) is 1.54. The standard InChI is InChI=1S/C11H9N5O/c12-11(17)6-1-2-7-8(3-6)13-5-14-9-4-15-16-10(7)9/h1-5,15-16H,(H2,12,17). The number of carbonyl (C=O) groups excluding carboxylic acids is 1. The number of hydrogen-bond acceptors (Lipinski definition) is 5. The maximum Gasteiger partial charge on any atom is 0.248 e. The predicted molar refractivity (Wildman–Crippen MR) is 62.0 cm³/mol. The lowest BCUT2D eigenvalue weighted by Gasteiger charge is -2.01. The summed E-state index contributed by atoms with van der Waals surface area (Å²) in [6, 6.07) is 5.13. The van der Waals surface area contributed by atoms with Crippen LogP contribution in [-0.4, -0.2) is 12.2 Å². The van der Waals surface area contributed by atoms with Crippen molar-refractivity contribution in [1.29, 1.82) is 0 Å². The number of hydrogen-bond donors (Lipinski definition) is 3. The van der Waals surface area contributed by atoms with Crippen LogP contribution in [0.2, 0.25) is 0 Å². The SMILES string of the molecule is NC(=O)c1ccc2c(c1)=NC=NC1=CNNC=21. The van der Waals surface area contributed by atoms with Gasteiger partial charge in [-0.3, -0.25) is 10.2 Å². The molecule has 0 saturated carbocycles. The molecule has 1 aromatic carbocycles. The summed E-state index contributed by atoms with van der Waals surface area (Å²) < 4.78 is 0. The first-order valence-corrected chi connectivity index (χ1v) is 5.02. The van der Waals surface area contributed by atoms with Gasteiger partial charge in [-0.15, -0.1) is 0 Å². The van der Waals surface area contributed by atoms with Crippen LogP contribution < -0.4 is 27.2 Å². The van der Waals surface area contributed by atoms with Gasteiger partial charge in [-0.1, -0.05) is 0 Å². The predicted octanol–water partition coefficient (Wildman–Crippen LogP) is -1.50. The van der Waals surface area contributed by atoms with Crippen molar-refractivity contribution in [1.82, 2.24) is 10.9 Å². The number of benzene rings is 1. The fourth-order valence-electron chi connectivity index (χ4n) is 1.78. The second-order valence-corrected chi connectivity index (χ2v) is 3.64. The molecule has 2 heterocycles. The lowest BCUT2D eigenvalue weighted by molar-refractivity contribution is 0.1000. The highest BCUT2D eigenvalue weighted by Crippen LogP contribution is 2.10. The number of rotatable bonds is 1. The van der Waals surface area contributed by atoms with Gasteiger partial charge in [-0.05, 0) is 18.2 Å². The summed E-state index contributed by atoms with van der Waals surface area (Å²) in [6.07, 6.45) is 3.20. The van der Waals surface area contributed by atoms with Gasteiger partial charge < -0.3 is 11.2 Å². The Labute approximate surface area is 96.2 Å². The Hall–Kier alpha value is -2.63. The molecular formula is C11H9N5O. The van der Waals surface area contributed by atoms with Gasteiger partial charge in [0.05, 0.1) is 11.1 Å². The van der Waals surface area contributed by atoms with Crippen molar-refractivity contribution in [2.24, 2.45) is 15.7 Å². The van der Waals surface area contributed by atoms with Gasteiger partial charge in [-0.25, -0.2) is 9.98 Å². The van der Waals surface area contributed by atoms with Crippen LogP contribution in [0.5, 0.6) is 0 Å². The molecule has 2 aliphatic heterocycles. The summed E-state index contributed by atoms with van der Waals surface area (Å²) in [4.78, 5) is 19.5. The van der Waals surface area contributed by atoms with E-state index in [9.17, 15) is 4.79 Å². The Bertz CT molecular complexity index is 686. The molecule has 6 heteroatoms. The third kappa shape index (κ3) is 1.46. The molecule has 84 valence electrons. The molecule has 0 fully saturated rings. The molecule has 1 amide bonds. The van der Waals surface area contributed by atoms with Crippen LogP contribution in [0.4, 0.5) is 0 Å². The molecule has 3 rings (SSSR count). The number of carbonyl (C=O) groups is 1. The average Bonchev–Trinajstić information content (AvgIpc) is 2.71. The number of fused-ring (bicyclic) bond motifs is 2. The molecule has 2 aliphatic rings. The molecule has 0 radical (unpaired) electrons. The monoisotopic (exact) mass is 227 g/mol. The Morgan fingerprint density at radius 1 is 1.35 bits per heavy atom. The molecule has 4 N–H and O–H groups in total. The highest BCUT2D eigenvalue weighted by Gasteiger charge is 2.13. The molecule has 0 aliphatic carbocycles. The topological polar surface area (TPSA) is 91.9 Å². The van der Waals surface area contributed by atoms with Gasteiger partial charge in [0.15, 0.2) is 0 Å². The lowest BCUT2D eigenvalue weighted by atomic mass is 10.1. The van der Waals surface area contributed by atoms with Gasteiger partial charge in [0.25, 0.3) is 0 Å². The molecule has 0 spiro atoms. The van der Waals surface area contributed by atoms with E-state index in [-0.39, 0.29) is 0 Å². The number of nitrogens with two attached hydrogens (primary N) is 1. The van der Waals surface area contributed by atoms with Crippen LogP contribution in [0.3, 0.4) is 0 Å². The largest absolute Gasteiger partial charge is 0.366 e. The number of nitrogens with zero attached hydrogens (tertiary/aromatic N) is 2. The Morgan fingerprint density at radius 3 is 3.06 bits per heavy atom. The molecular weight excluding hydrogens is 218 g/mol. The van der Waals surface area contributed by atoms with Crippen molar-refractivity contribution in [2.75, 3.05) is 0 Å². The van der Waals surface area contributed by atoms with E-state index in [1.54, 1.807) is 24.4 Å². The first-order chi connectivity index (χ1) is 8.25. The van der Waals surface area contributed by atoms with E-state index in [4.69, 9.17) is 5.73 Å². The molecule has 1 aromatic rings. The van der Waals surface area contributed by atoms with Gasteiger partial charge >= 0.3 is 0 Å². The van der Waals surface area contributed by atoms with Crippen molar-refractivity contribution in [3.8, 4) is 0 Å². The first-order valence-electron chi connectivity index (χ1n) is 5.02. The number of hydrazine groups is 1. The summed E-state index contributed by atoms with van der Waals surface area (Å²) in [5.41, 5.74) is 13.1. The molecule has 0 aromatic heterocycles. The van der Waals surface area contributed by atoms with Crippen molar-refractivity contribution in [2.45, 2.75) is 0 Å². The zero-order chi connectivity index (χ0) is 11.8. The van der Waals surface area contributed by atoms with E-state index in [0.29, 0.717) is 10.9 Å². The van der Waals surface area contributed by atoms with Gasteiger partial charge in [-0.2, -0.15) is 0 Å². The van der Waals surface area contributed by atoms with Crippen LogP contribution in [0.1, 0.15) is 10.4 Å². The van der Waals surface area contributed by atoms with E-state index >= 15 is 0 Å². The highest BCUT2D eigenvalue weighted by molar-refractivity contribution is 5.92. The summed E-state index contributed by atoms with van der Waals surface area (Å²) in [7, 11) is 0. The van der Waals surface area contributed by atoms with Crippen LogP contribution in [0.25, 0.3) is 5.70 Å². The van der Waals surface area contributed by atoms with E-state index in [1.165, 1.54) is 6.34 Å². The second-order valence-electron chi connectivity index (χ2n) is 3.64. The first kappa shape index (κ1) is 9.59. The minimum Gasteiger partial charge on any atom is -0.366 e. The fraction of sp³-hybridized carbons (Fsp3) is 0. The van der Waals surface area contributed by atoms with E-state index in [0.717, 1.165) is 16.6 Å². The fourth-order valence-corrected chi connectivity index (χ4v) is 1.78. The molecule has 0 unspecified atom stereocenters. The molecule has 17 heavy (non-hydrogen) atoms. The zero-order valence-corrected chi connectivity index (χ0v) is 8.77. The number of primary amides is 1. The van der Waals surface area contributed by atoms with Crippen LogP contribution in [0.15, 0.2) is 40.1 Å². The Morgan fingerprint density at radius 2 is 2.24 bits per heavy atom. The molecule has 0 saturated heterocycles. The quantitative estimate of drug-likeness (QED) is 0.545. The van der Waals surface area contributed by atoms with Gasteiger partial charge in [0, 0.05) is 17.0 Å². The van der Waals surface area contributed by atoms with Crippen molar-refractivity contribution >= 4 is 17.9 Å². The van der Waals surface area contributed by atoms with Crippen LogP contribution >= 0.6 is 0 Å². The second kappa shape index (κ2) is 3.44. The molecule has 0 atom stereocenters. The van der Waals surface area contributed by atoms with Crippen molar-refractivity contribution in [3.05, 3.63) is 46.2 Å². The van der Waals surface area contributed by atoms with E-state index < -0.39 is 5.91 Å². The van der Waals surface area contributed by atoms with Crippen LogP contribution in [0, 0.1) is 0 Å². The summed E-state index contributed by atoms with van der Waals surface area (Å²) in [6.45, 7) is 0. The zero-order valence-electron chi connectivity index (χ0n) is 8.77. The minimum absolute atomic E-state index is 0.430. The van der Waals surface area contributed by atoms with Crippen molar-refractivity contribution < 1.29 is 4.79 Å². The molecule has 0 bridgehead atoms. The van der Waals surface area contributed by atoms with Gasteiger partial charge in [0.2, 0.25) is 5.91 Å². The number of amides is 1. The maximum absolute atomic E-state index is 11.1.